The molecule has 1 aliphatic heterocycles. The number of hydrogen-bond donors (Lipinski definition) is 2. The SMILES string of the molecule is CC(=O)NS(=O)(=O)c1ccc(N2N=C(C(F)(F)F)CC2c2c[nH]c3ccccc23)cc1. The normalized spacial score (nSPS) is 17.1. The first-order valence-corrected chi connectivity index (χ1v) is 10.7. The minimum atomic E-state index is -4.59. The topological polar surface area (TPSA) is 94.6 Å². The van der Waals surface area contributed by atoms with Gasteiger partial charge < -0.3 is 4.98 Å². The molecule has 7 nitrogen and oxygen atoms in total. The van der Waals surface area contributed by atoms with Gasteiger partial charge in [-0.15, -0.1) is 0 Å². The van der Waals surface area contributed by atoms with Gasteiger partial charge in [0.05, 0.1) is 16.6 Å². The molecule has 0 radical (unpaired) electrons. The minimum Gasteiger partial charge on any atom is -0.361 e. The number of hydrogen-bond acceptors (Lipinski definition) is 5. The second-order valence-electron chi connectivity index (χ2n) is 7.05. The van der Waals surface area contributed by atoms with Gasteiger partial charge in [-0.25, -0.2) is 13.1 Å². The van der Waals surface area contributed by atoms with Gasteiger partial charge in [0.15, 0.2) is 0 Å². The van der Waals surface area contributed by atoms with E-state index in [9.17, 15) is 26.4 Å². The van der Waals surface area contributed by atoms with Crippen LogP contribution in [0.3, 0.4) is 0 Å². The van der Waals surface area contributed by atoms with Crippen molar-refractivity contribution in [2.24, 2.45) is 5.10 Å². The van der Waals surface area contributed by atoms with Crippen LogP contribution in [0, 0.1) is 0 Å². The molecule has 1 atom stereocenters. The van der Waals surface area contributed by atoms with Crippen molar-refractivity contribution in [3.8, 4) is 0 Å². The number of carbonyl (C=O) groups is 1. The van der Waals surface area contributed by atoms with Gasteiger partial charge in [-0.05, 0) is 30.3 Å². The number of nitrogens with zero attached hydrogens (tertiary/aromatic N) is 2. The molecule has 4 rings (SSSR count). The second-order valence-corrected chi connectivity index (χ2v) is 8.74. The van der Waals surface area contributed by atoms with Gasteiger partial charge in [-0.1, -0.05) is 18.2 Å². The highest BCUT2D eigenvalue weighted by Crippen LogP contribution is 2.41. The summed E-state index contributed by atoms with van der Waals surface area (Å²) in [4.78, 5) is 14.0. The van der Waals surface area contributed by atoms with Crippen molar-refractivity contribution in [1.82, 2.24) is 9.71 Å². The van der Waals surface area contributed by atoms with E-state index in [-0.39, 0.29) is 17.0 Å². The van der Waals surface area contributed by atoms with Crippen LogP contribution in [0.25, 0.3) is 10.9 Å². The number of anilines is 1. The molecule has 11 heteroatoms. The number of fused-ring (bicyclic) bond motifs is 1. The lowest BCUT2D eigenvalue weighted by atomic mass is 10.0. The van der Waals surface area contributed by atoms with E-state index in [0.717, 1.165) is 17.8 Å². The monoisotopic (exact) mass is 450 g/mol. The summed E-state index contributed by atoms with van der Waals surface area (Å²) in [6.45, 7) is 1.06. The summed E-state index contributed by atoms with van der Waals surface area (Å²) in [6, 6.07) is 11.7. The van der Waals surface area contributed by atoms with E-state index in [0.29, 0.717) is 5.56 Å². The van der Waals surface area contributed by atoms with Crippen LogP contribution in [0.2, 0.25) is 0 Å². The van der Waals surface area contributed by atoms with Crippen LogP contribution in [-0.4, -0.2) is 31.2 Å². The molecule has 2 N–H and O–H groups in total. The number of H-pyrrole nitrogens is 1. The fraction of sp³-hybridized carbons (Fsp3) is 0.200. The van der Waals surface area contributed by atoms with Crippen LogP contribution in [0.5, 0.6) is 0 Å². The van der Waals surface area contributed by atoms with Crippen molar-refractivity contribution >= 4 is 38.2 Å². The highest BCUT2D eigenvalue weighted by atomic mass is 32.2. The number of hydrazone groups is 1. The molecular weight excluding hydrogens is 433 g/mol. The molecule has 0 bridgehead atoms. The zero-order chi connectivity index (χ0) is 22.4. The van der Waals surface area contributed by atoms with Crippen LogP contribution in [0.4, 0.5) is 18.9 Å². The number of rotatable bonds is 4. The van der Waals surface area contributed by atoms with Crippen molar-refractivity contribution in [2.45, 2.75) is 30.5 Å². The summed E-state index contributed by atoms with van der Waals surface area (Å²) in [5.41, 5.74) is 0.803. The number of para-hydroxylation sites is 1. The van der Waals surface area contributed by atoms with E-state index in [1.807, 2.05) is 22.9 Å². The fourth-order valence-corrected chi connectivity index (χ4v) is 4.55. The van der Waals surface area contributed by atoms with Gasteiger partial charge in [0, 0.05) is 36.0 Å². The maximum absolute atomic E-state index is 13.4. The van der Waals surface area contributed by atoms with Gasteiger partial charge in [-0.3, -0.25) is 9.80 Å². The average Bonchev–Trinajstić information content (AvgIpc) is 3.31. The molecule has 1 aromatic heterocycles. The Labute approximate surface area is 175 Å². The maximum atomic E-state index is 13.4. The Balaban J connectivity index is 1.74. The van der Waals surface area contributed by atoms with Crippen molar-refractivity contribution in [1.29, 1.82) is 0 Å². The minimum absolute atomic E-state index is 0.186. The van der Waals surface area contributed by atoms with Gasteiger partial charge >= 0.3 is 6.18 Å². The Kier molecular flexibility index (Phi) is 5.00. The van der Waals surface area contributed by atoms with Crippen molar-refractivity contribution in [2.75, 3.05) is 5.01 Å². The molecule has 2 heterocycles. The first kappa shape index (κ1) is 20.9. The van der Waals surface area contributed by atoms with Crippen LogP contribution in [0.15, 0.2) is 64.7 Å². The largest absolute Gasteiger partial charge is 0.431 e. The first-order chi connectivity index (χ1) is 14.6. The third-order valence-electron chi connectivity index (χ3n) is 4.91. The third-order valence-corrected chi connectivity index (χ3v) is 6.36. The van der Waals surface area contributed by atoms with E-state index >= 15 is 0 Å². The lowest BCUT2D eigenvalue weighted by molar-refractivity contribution is -0.117. The van der Waals surface area contributed by atoms with E-state index < -0.39 is 33.9 Å². The average molecular weight is 450 g/mol. The van der Waals surface area contributed by atoms with E-state index in [1.165, 1.54) is 29.3 Å². The Morgan fingerprint density at radius 3 is 2.48 bits per heavy atom. The van der Waals surface area contributed by atoms with Crippen molar-refractivity contribution in [3.05, 3.63) is 60.3 Å². The Morgan fingerprint density at radius 2 is 1.84 bits per heavy atom. The molecule has 3 aromatic rings. The highest BCUT2D eigenvalue weighted by Gasteiger charge is 2.44. The Hall–Kier alpha value is -3.34. The predicted molar refractivity (Wildman–Crippen MR) is 109 cm³/mol. The van der Waals surface area contributed by atoms with Gasteiger partial charge in [0.25, 0.3) is 10.0 Å². The third kappa shape index (κ3) is 4.00. The number of aromatic nitrogens is 1. The summed E-state index contributed by atoms with van der Waals surface area (Å²) in [5, 5.41) is 5.83. The molecule has 0 spiro atoms. The van der Waals surface area contributed by atoms with Gasteiger partial charge in [-0.2, -0.15) is 18.3 Å². The smallest absolute Gasteiger partial charge is 0.361 e. The molecule has 0 aliphatic carbocycles. The van der Waals surface area contributed by atoms with Crippen LogP contribution in [0.1, 0.15) is 24.9 Å². The standard InChI is InChI=1S/C20H17F3N4O3S/c1-12(28)26-31(29,30)14-8-6-13(7-9-14)27-18(10-19(25-27)20(21,22)23)16-11-24-17-5-3-2-4-15(16)17/h2-9,11,18,24H,10H2,1H3,(H,26,28). The zero-order valence-corrected chi connectivity index (χ0v) is 17.0. The Bertz CT molecular complexity index is 1280. The number of benzene rings is 2. The van der Waals surface area contributed by atoms with Gasteiger partial charge in [0.1, 0.15) is 5.71 Å². The highest BCUT2D eigenvalue weighted by molar-refractivity contribution is 7.90. The summed E-state index contributed by atoms with van der Waals surface area (Å²) < 4.78 is 66.4. The van der Waals surface area contributed by atoms with E-state index in [4.69, 9.17) is 0 Å². The number of nitrogens with one attached hydrogen (secondary N) is 2. The molecule has 162 valence electrons. The van der Waals surface area contributed by atoms with Crippen molar-refractivity contribution < 1.29 is 26.4 Å². The molecule has 31 heavy (non-hydrogen) atoms. The van der Waals surface area contributed by atoms with Crippen LogP contribution >= 0.6 is 0 Å². The van der Waals surface area contributed by atoms with Crippen molar-refractivity contribution in [3.63, 3.8) is 0 Å². The second kappa shape index (κ2) is 7.41. The maximum Gasteiger partial charge on any atom is 0.431 e. The quantitative estimate of drug-likeness (QED) is 0.631. The summed E-state index contributed by atoms with van der Waals surface area (Å²) in [6.07, 6.45) is -3.28. The predicted octanol–water partition coefficient (Wildman–Crippen LogP) is 3.86. The van der Waals surface area contributed by atoms with E-state index in [1.54, 1.807) is 12.3 Å². The molecular formula is C20H17F3N4O3S. The molecule has 0 saturated carbocycles. The van der Waals surface area contributed by atoms with Gasteiger partial charge in [0.2, 0.25) is 5.91 Å². The van der Waals surface area contributed by atoms with Crippen LogP contribution in [-0.2, 0) is 14.8 Å². The lowest BCUT2D eigenvalue weighted by Gasteiger charge is -2.23. The molecule has 1 amide bonds. The summed E-state index contributed by atoms with van der Waals surface area (Å²) >= 11 is 0. The molecule has 0 saturated heterocycles. The molecule has 2 aromatic carbocycles. The molecule has 1 unspecified atom stereocenters. The van der Waals surface area contributed by atoms with Crippen LogP contribution < -0.4 is 9.73 Å². The summed E-state index contributed by atoms with van der Waals surface area (Å²) in [5.74, 6) is -0.748. The first-order valence-electron chi connectivity index (χ1n) is 9.19. The number of sulfonamides is 1. The number of amides is 1. The number of aromatic amines is 1. The molecule has 0 fully saturated rings. The number of alkyl halides is 3. The summed E-state index contributed by atoms with van der Waals surface area (Å²) in [7, 11) is -4.06. The molecule has 1 aliphatic rings. The van der Waals surface area contributed by atoms with E-state index in [2.05, 4.69) is 10.1 Å². The zero-order valence-electron chi connectivity index (χ0n) is 16.1. The number of halogens is 3. The Morgan fingerprint density at radius 1 is 1.16 bits per heavy atom. The lowest BCUT2D eigenvalue weighted by Crippen LogP contribution is -2.28. The fourth-order valence-electron chi connectivity index (χ4n) is 3.56. The number of carbonyl (C=O) groups excluding carboxylic acids is 1.